The van der Waals surface area contributed by atoms with Gasteiger partial charge in [0.2, 0.25) is 0 Å². The van der Waals surface area contributed by atoms with E-state index in [0.717, 1.165) is 10.5 Å². The number of hydrogen-bond acceptors (Lipinski definition) is 6. The Bertz CT molecular complexity index is 843. The number of ether oxygens (including phenoxy) is 1. The Morgan fingerprint density at radius 3 is 2.28 bits per heavy atom. The van der Waals surface area contributed by atoms with Crippen molar-refractivity contribution in [3.05, 3.63) is 46.7 Å². The number of esters is 1. The fourth-order valence-corrected chi connectivity index (χ4v) is 4.74. The molecule has 0 saturated carbocycles. The lowest BCUT2D eigenvalue weighted by Crippen LogP contribution is -2.71. The molecule has 2 atom stereocenters. The number of thioether (sulfide) groups is 1. The quantitative estimate of drug-likeness (QED) is 0.446. The number of β-lactam (4-membered cyclic amide) rings is 1. The molecule has 3 aliphatic rings. The van der Waals surface area contributed by atoms with Crippen LogP contribution in [0.3, 0.4) is 0 Å². The molecule has 4 rings (SSSR count). The molecular weight excluding hydrogens is 344 g/mol. The molecule has 0 radical (unpaired) electrons. The SMILES string of the molecule is COC(=O)C1=C(C)CS[C@@H]2C(N3C(=O)c4ccccc4C3=O)C(=O)N12. The number of imide groups is 1. The summed E-state index contributed by atoms with van der Waals surface area (Å²) in [5.74, 6) is -1.43. The molecule has 1 saturated heterocycles. The Balaban J connectivity index is 1.68. The first-order valence-corrected chi connectivity index (χ1v) is 8.72. The molecule has 3 aliphatic heterocycles. The topological polar surface area (TPSA) is 84.0 Å². The van der Waals surface area contributed by atoms with E-state index in [1.807, 2.05) is 0 Å². The van der Waals surface area contributed by atoms with E-state index in [-0.39, 0.29) is 5.70 Å². The normalized spacial score (nSPS) is 25.0. The van der Waals surface area contributed by atoms with Crippen molar-refractivity contribution < 1.29 is 23.9 Å². The number of carbonyl (C=O) groups is 4. The molecule has 1 fully saturated rings. The van der Waals surface area contributed by atoms with Gasteiger partial charge in [-0.1, -0.05) is 12.1 Å². The zero-order valence-electron chi connectivity index (χ0n) is 13.5. The van der Waals surface area contributed by atoms with Gasteiger partial charge in [-0.15, -0.1) is 11.8 Å². The summed E-state index contributed by atoms with van der Waals surface area (Å²) in [6.45, 7) is 1.76. The predicted octanol–water partition coefficient (Wildman–Crippen LogP) is 1.01. The van der Waals surface area contributed by atoms with Crippen molar-refractivity contribution in [1.82, 2.24) is 9.80 Å². The second kappa shape index (κ2) is 5.45. The van der Waals surface area contributed by atoms with Crippen LogP contribution in [0.15, 0.2) is 35.5 Å². The summed E-state index contributed by atoms with van der Waals surface area (Å²) in [4.78, 5) is 52.3. The van der Waals surface area contributed by atoms with Gasteiger partial charge in [-0.3, -0.25) is 24.2 Å². The van der Waals surface area contributed by atoms with Gasteiger partial charge in [-0.25, -0.2) is 4.79 Å². The van der Waals surface area contributed by atoms with Crippen molar-refractivity contribution in [3.8, 4) is 0 Å². The van der Waals surface area contributed by atoms with Crippen LogP contribution < -0.4 is 0 Å². The summed E-state index contributed by atoms with van der Waals surface area (Å²) < 4.78 is 4.77. The maximum atomic E-state index is 12.7. The Morgan fingerprint density at radius 2 is 1.72 bits per heavy atom. The number of fused-ring (bicyclic) bond motifs is 2. The van der Waals surface area contributed by atoms with Crippen molar-refractivity contribution in [1.29, 1.82) is 0 Å². The summed E-state index contributed by atoms with van der Waals surface area (Å²) in [5, 5.41) is -0.465. The molecule has 0 N–H and O–H groups in total. The molecule has 25 heavy (non-hydrogen) atoms. The first kappa shape index (κ1) is 15.9. The maximum Gasteiger partial charge on any atom is 0.354 e. The first-order valence-electron chi connectivity index (χ1n) is 7.67. The molecule has 0 aromatic heterocycles. The van der Waals surface area contributed by atoms with Gasteiger partial charge in [-0.2, -0.15) is 0 Å². The van der Waals surface area contributed by atoms with E-state index < -0.39 is 35.1 Å². The lowest BCUT2D eigenvalue weighted by atomic mass is 10.0. The van der Waals surface area contributed by atoms with Crippen LogP contribution in [-0.4, -0.2) is 57.8 Å². The second-order valence-electron chi connectivity index (χ2n) is 6.00. The van der Waals surface area contributed by atoms with Gasteiger partial charge in [0.05, 0.1) is 18.2 Å². The van der Waals surface area contributed by atoms with Crippen LogP contribution in [-0.2, 0) is 14.3 Å². The highest BCUT2D eigenvalue weighted by Crippen LogP contribution is 2.44. The van der Waals surface area contributed by atoms with Crippen molar-refractivity contribution in [2.45, 2.75) is 18.3 Å². The number of carbonyl (C=O) groups excluding carboxylic acids is 4. The number of rotatable bonds is 2. The largest absolute Gasteiger partial charge is 0.464 e. The van der Waals surface area contributed by atoms with Gasteiger partial charge in [-0.05, 0) is 24.6 Å². The van der Waals surface area contributed by atoms with Crippen molar-refractivity contribution >= 4 is 35.5 Å². The van der Waals surface area contributed by atoms with Crippen molar-refractivity contribution in [3.63, 3.8) is 0 Å². The van der Waals surface area contributed by atoms with Gasteiger partial charge >= 0.3 is 5.97 Å². The third-order valence-corrected chi connectivity index (χ3v) is 6.02. The van der Waals surface area contributed by atoms with Crippen molar-refractivity contribution in [2.75, 3.05) is 12.9 Å². The monoisotopic (exact) mass is 358 g/mol. The van der Waals surface area contributed by atoms with Crippen LogP contribution in [0, 0.1) is 0 Å². The fourth-order valence-electron chi connectivity index (χ4n) is 3.40. The average Bonchev–Trinajstić information content (AvgIpc) is 2.87. The highest BCUT2D eigenvalue weighted by molar-refractivity contribution is 8.00. The van der Waals surface area contributed by atoms with Crippen LogP contribution in [0.5, 0.6) is 0 Å². The minimum absolute atomic E-state index is 0.212. The van der Waals surface area contributed by atoms with E-state index in [1.54, 1.807) is 31.2 Å². The summed E-state index contributed by atoms with van der Waals surface area (Å²) in [6, 6.07) is 5.62. The van der Waals surface area contributed by atoms with Gasteiger partial charge in [0, 0.05) is 5.75 Å². The van der Waals surface area contributed by atoms with E-state index in [9.17, 15) is 19.2 Å². The van der Waals surface area contributed by atoms with Crippen LogP contribution in [0.2, 0.25) is 0 Å². The zero-order valence-corrected chi connectivity index (χ0v) is 14.3. The van der Waals surface area contributed by atoms with Gasteiger partial charge < -0.3 is 4.74 Å². The molecule has 8 heteroatoms. The molecule has 3 amide bonds. The molecule has 1 aromatic rings. The third-order valence-electron chi connectivity index (χ3n) is 4.61. The summed E-state index contributed by atoms with van der Waals surface area (Å²) >= 11 is 1.43. The molecule has 1 unspecified atom stereocenters. The number of hydrogen-bond donors (Lipinski definition) is 0. The van der Waals surface area contributed by atoms with Crippen LogP contribution >= 0.6 is 11.8 Å². The van der Waals surface area contributed by atoms with Crippen LogP contribution in [0.1, 0.15) is 27.6 Å². The van der Waals surface area contributed by atoms with E-state index in [1.165, 1.54) is 23.8 Å². The van der Waals surface area contributed by atoms with Gasteiger partial charge in [0.15, 0.2) is 0 Å². The average molecular weight is 358 g/mol. The first-order chi connectivity index (χ1) is 12.0. The molecule has 0 bridgehead atoms. The zero-order chi connectivity index (χ0) is 17.9. The smallest absolute Gasteiger partial charge is 0.354 e. The van der Waals surface area contributed by atoms with E-state index in [2.05, 4.69) is 0 Å². The number of methoxy groups -OCH3 is 1. The highest BCUT2D eigenvalue weighted by atomic mass is 32.2. The highest BCUT2D eigenvalue weighted by Gasteiger charge is 2.59. The number of benzene rings is 1. The Hall–Kier alpha value is -2.61. The van der Waals surface area contributed by atoms with E-state index in [0.29, 0.717) is 16.9 Å². The Morgan fingerprint density at radius 1 is 1.12 bits per heavy atom. The molecule has 1 aromatic carbocycles. The number of nitrogens with zero attached hydrogens (tertiary/aromatic N) is 2. The Labute approximate surface area is 147 Å². The maximum absolute atomic E-state index is 12.7. The molecule has 0 spiro atoms. The minimum atomic E-state index is -0.898. The molecular formula is C17H14N2O5S. The molecule has 0 aliphatic carbocycles. The van der Waals surface area contributed by atoms with Gasteiger partial charge in [0.1, 0.15) is 17.1 Å². The lowest BCUT2D eigenvalue weighted by molar-refractivity contribution is -0.152. The Kier molecular flexibility index (Phi) is 3.47. The molecule has 7 nitrogen and oxygen atoms in total. The minimum Gasteiger partial charge on any atom is -0.464 e. The van der Waals surface area contributed by atoms with E-state index >= 15 is 0 Å². The number of amides is 3. The van der Waals surface area contributed by atoms with Crippen molar-refractivity contribution in [2.24, 2.45) is 0 Å². The van der Waals surface area contributed by atoms with Gasteiger partial charge in [0.25, 0.3) is 17.7 Å². The van der Waals surface area contributed by atoms with E-state index in [4.69, 9.17) is 4.74 Å². The fraction of sp³-hybridized carbons (Fsp3) is 0.294. The summed E-state index contributed by atoms with van der Waals surface area (Å²) in [5.41, 5.74) is 1.56. The molecule has 3 heterocycles. The standard InChI is InChI=1S/C17H14N2O5S/c1-8-7-25-16-12(15(22)19(16)11(8)17(23)24-2)18-13(20)9-5-3-4-6-10(9)14(18)21/h3-6,12,16H,7H2,1-2H3/t12?,16-/m1/s1. The summed E-state index contributed by atoms with van der Waals surface area (Å²) in [6.07, 6.45) is 0. The molecule has 128 valence electrons. The summed E-state index contributed by atoms with van der Waals surface area (Å²) in [7, 11) is 1.26. The second-order valence-corrected chi connectivity index (χ2v) is 7.11. The van der Waals surface area contributed by atoms with Crippen LogP contribution in [0.25, 0.3) is 0 Å². The lowest BCUT2D eigenvalue weighted by Gasteiger charge is -2.51. The van der Waals surface area contributed by atoms with Crippen LogP contribution in [0.4, 0.5) is 0 Å². The third kappa shape index (κ3) is 2.00. The predicted molar refractivity (Wildman–Crippen MR) is 88.5 cm³/mol.